The minimum atomic E-state index is -5.08. The Morgan fingerprint density at radius 2 is 1.68 bits per heavy atom. The van der Waals surface area contributed by atoms with Gasteiger partial charge in [0.25, 0.3) is 0 Å². The van der Waals surface area contributed by atoms with E-state index in [0.29, 0.717) is 12.0 Å². The Labute approximate surface area is 195 Å². The molecule has 11 heteroatoms. The number of halogens is 3. The van der Waals surface area contributed by atoms with Crippen molar-refractivity contribution in [3.05, 3.63) is 47.7 Å². The molecule has 0 saturated heterocycles. The zero-order chi connectivity index (χ0) is 25.0. The third kappa shape index (κ3) is 9.32. The van der Waals surface area contributed by atoms with Crippen molar-refractivity contribution < 1.29 is 33.0 Å². The molecule has 8 nitrogen and oxygen atoms in total. The third-order valence-electron chi connectivity index (χ3n) is 5.40. The summed E-state index contributed by atoms with van der Waals surface area (Å²) in [5.74, 6) is -2.98. The molecule has 3 heterocycles. The molecule has 1 atom stereocenters. The van der Waals surface area contributed by atoms with Crippen LogP contribution in [0.1, 0.15) is 67.7 Å². The molecule has 1 aliphatic rings. The molecule has 0 radical (unpaired) electrons. The van der Waals surface area contributed by atoms with Crippen LogP contribution in [-0.2, 0) is 22.4 Å². The highest BCUT2D eigenvalue weighted by Gasteiger charge is 2.38. The molecule has 0 aliphatic carbocycles. The summed E-state index contributed by atoms with van der Waals surface area (Å²) in [5, 5.41) is 19.9. The van der Waals surface area contributed by atoms with Gasteiger partial charge in [0, 0.05) is 30.2 Å². The first-order valence-electron chi connectivity index (χ1n) is 11.2. The summed E-state index contributed by atoms with van der Waals surface area (Å²) in [4.78, 5) is 32.9. The maximum atomic E-state index is 11.5. The highest BCUT2D eigenvalue weighted by molar-refractivity contribution is 5.75. The van der Waals surface area contributed by atoms with Gasteiger partial charge in [-0.2, -0.15) is 13.2 Å². The van der Waals surface area contributed by atoms with Crippen molar-refractivity contribution in [1.82, 2.24) is 15.0 Å². The molecular formula is C23H29F3N4O4. The molecule has 0 bridgehead atoms. The van der Waals surface area contributed by atoms with Gasteiger partial charge in [-0.15, -0.1) is 0 Å². The average molecular weight is 483 g/mol. The van der Waals surface area contributed by atoms with Gasteiger partial charge in [-0.3, -0.25) is 4.79 Å². The summed E-state index contributed by atoms with van der Waals surface area (Å²) in [6, 6.07) is 4.37. The molecule has 3 N–H and O–H groups in total. The van der Waals surface area contributed by atoms with Crippen LogP contribution in [0.5, 0.6) is 0 Å². The van der Waals surface area contributed by atoms with E-state index in [0.717, 1.165) is 63.0 Å². The summed E-state index contributed by atoms with van der Waals surface area (Å²) < 4.78 is 31.7. The van der Waals surface area contributed by atoms with E-state index in [1.807, 2.05) is 0 Å². The number of aryl methyl sites for hydroxylation is 2. The minimum Gasteiger partial charge on any atom is -0.481 e. The number of unbranched alkanes of at least 4 members (excludes halogenated alkanes) is 4. The number of hydrogen-bond donors (Lipinski definition) is 3. The normalized spacial score (nSPS) is 13.6. The zero-order valence-corrected chi connectivity index (χ0v) is 18.7. The Balaban J connectivity index is 0.000000509. The van der Waals surface area contributed by atoms with Gasteiger partial charge in [0.1, 0.15) is 12.1 Å². The van der Waals surface area contributed by atoms with Crippen molar-refractivity contribution in [3.8, 4) is 0 Å². The lowest BCUT2D eigenvalue weighted by molar-refractivity contribution is -0.192. The first kappa shape index (κ1) is 27.0. The maximum absolute atomic E-state index is 11.5. The largest absolute Gasteiger partial charge is 0.490 e. The topological polar surface area (TPSA) is 125 Å². The van der Waals surface area contributed by atoms with Gasteiger partial charge < -0.3 is 15.5 Å². The summed E-state index contributed by atoms with van der Waals surface area (Å²) >= 11 is 0. The molecular weight excluding hydrogens is 453 g/mol. The second kappa shape index (κ2) is 13.5. The lowest BCUT2D eigenvalue weighted by atomic mass is 9.95. The molecule has 0 aromatic carbocycles. The Bertz CT molecular complexity index is 926. The predicted molar refractivity (Wildman–Crippen MR) is 119 cm³/mol. The van der Waals surface area contributed by atoms with Gasteiger partial charge in [-0.05, 0) is 43.7 Å². The van der Waals surface area contributed by atoms with Gasteiger partial charge in [0.15, 0.2) is 0 Å². The number of carboxylic acid groups (broad SMARTS) is 2. The lowest BCUT2D eigenvalue weighted by Gasteiger charge is -2.17. The van der Waals surface area contributed by atoms with Gasteiger partial charge in [0.2, 0.25) is 0 Å². The number of aromatic nitrogens is 3. The van der Waals surface area contributed by atoms with Crippen LogP contribution >= 0.6 is 0 Å². The van der Waals surface area contributed by atoms with E-state index in [1.54, 1.807) is 12.4 Å². The fourth-order valence-corrected chi connectivity index (χ4v) is 3.62. The van der Waals surface area contributed by atoms with Crippen molar-refractivity contribution in [1.29, 1.82) is 0 Å². The van der Waals surface area contributed by atoms with E-state index >= 15 is 0 Å². The molecule has 1 aliphatic heterocycles. The number of aliphatic carboxylic acids is 2. The summed E-state index contributed by atoms with van der Waals surface area (Å²) in [6.07, 6.45) is 8.88. The summed E-state index contributed by atoms with van der Waals surface area (Å²) in [5.41, 5.74) is 3.19. The molecule has 2 aromatic rings. The number of rotatable bonds is 10. The molecule has 2 aromatic heterocycles. The smallest absolute Gasteiger partial charge is 0.481 e. The second-order valence-corrected chi connectivity index (χ2v) is 8.01. The van der Waals surface area contributed by atoms with Crippen molar-refractivity contribution in [2.45, 2.75) is 69.9 Å². The number of hydrogen-bond acceptors (Lipinski definition) is 6. The standard InChI is InChI=1S/C21H28N4O2.C2HF3O2/c26-21(27)19(17-13-22-15-23-14-17)9-5-3-1-2-4-8-18-11-10-16-7-6-12-24-20(16)25-18;3-2(4,5)1(6)7/h10-11,13-15,19H,1-9,12H2,(H,24,25)(H,26,27);(H,6,7)/t19-;/m0./s1. The highest BCUT2D eigenvalue weighted by atomic mass is 19.4. The lowest BCUT2D eigenvalue weighted by Crippen LogP contribution is -2.21. The fourth-order valence-electron chi connectivity index (χ4n) is 3.62. The Kier molecular flexibility index (Phi) is 10.7. The first-order valence-corrected chi connectivity index (χ1v) is 11.2. The number of nitrogens with one attached hydrogen (secondary N) is 1. The fraction of sp³-hybridized carbons (Fsp3) is 0.522. The molecule has 0 unspecified atom stereocenters. The zero-order valence-electron chi connectivity index (χ0n) is 18.7. The van der Waals surface area contributed by atoms with E-state index in [2.05, 4.69) is 27.4 Å². The monoisotopic (exact) mass is 482 g/mol. The first-order chi connectivity index (χ1) is 16.2. The summed E-state index contributed by atoms with van der Waals surface area (Å²) in [6.45, 7) is 1.02. The van der Waals surface area contributed by atoms with Crippen LogP contribution in [0.2, 0.25) is 0 Å². The molecule has 186 valence electrons. The molecule has 0 spiro atoms. The van der Waals surface area contributed by atoms with Crippen molar-refractivity contribution in [2.24, 2.45) is 0 Å². The Morgan fingerprint density at radius 3 is 2.32 bits per heavy atom. The van der Waals surface area contributed by atoms with Gasteiger partial charge in [-0.1, -0.05) is 31.7 Å². The Morgan fingerprint density at radius 1 is 1.03 bits per heavy atom. The van der Waals surface area contributed by atoms with E-state index in [1.165, 1.54) is 18.3 Å². The summed E-state index contributed by atoms with van der Waals surface area (Å²) in [7, 11) is 0. The molecule has 0 amide bonds. The van der Waals surface area contributed by atoms with Crippen LogP contribution in [0.15, 0.2) is 30.9 Å². The van der Waals surface area contributed by atoms with Gasteiger partial charge >= 0.3 is 18.1 Å². The molecule has 0 saturated carbocycles. The highest BCUT2D eigenvalue weighted by Crippen LogP contribution is 2.23. The number of carboxylic acids is 2. The second-order valence-electron chi connectivity index (χ2n) is 8.01. The van der Waals surface area contributed by atoms with E-state index < -0.39 is 24.0 Å². The third-order valence-corrected chi connectivity index (χ3v) is 5.40. The van der Waals surface area contributed by atoms with Crippen LogP contribution < -0.4 is 5.32 Å². The van der Waals surface area contributed by atoms with Crippen molar-refractivity contribution in [2.75, 3.05) is 11.9 Å². The van der Waals surface area contributed by atoms with Gasteiger partial charge in [0.05, 0.1) is 5.92 Å². The van der Waals surface area contributed by atoms with E-state index in [4.69, 9.17) is 14.9 Å². The van der Waals surface area contributed by atoms with E-state index in [-0.39, 0.29) is 0 Å². The van der Waals surface area contributed by atoms with Crippen LogP contribution in [0.25, 0.3) is 0 Å². The SMILES string of the molecule is O=C(O)C(F)(F)F.O=C(O)[C@@H](CCCCCCCc1ccc2c(n1)NCCC2)c1cncnc1. The minimum absolute atomic E-state index is 0.501. The van der Waals surface area contributed by atoms with Gasteiger partial charge in [-0.25, -0.2) is 19.7 Å². The van der Waals surface area contributed by atoms with Crippen LogP contribution in [-0.4, -0.2) is 49.8 Å². The number of fused-ring (bicyclic) bond motifs is 1. The predicted octanol–water partition coefficient (Wildman–Crippen LogP) is 4.61. The van der Waals surface area contributed by atoms with Crippen LogP contribution in [0.4, 0.5) is 19.0 Å². The van der Waals surface area contributed by atoms with Crippen molar-refractivity contribution >= 4 is 17.8 Å². The van der Waals surface area contributed by atoms with Crippen LogP contribution in [0, 0.1) is 0 Å². The number of alkyl halides is 3. The van der Waals surface area contributed by atoms with E-state index in [9.17, 15) is 23.1 Å². The number of carbonyl (C=O) groups is 2. The Hall–Kier alpha value is -3.24. The maximum Gasteiger partial charge on any atom is 0.490 e. The quantitative estimate of drug-likeness (QED) is 0.419. The van der Waals surface area contributed by atoms with Crippen molar-refractivity contribution in [3.63, 3.8) is 0 Å². The van der Waals surface area contributed by atoms with Crippen LogP contribution in [0.3, 0.4) is 0 Å². The molecule has 34 heavy (non-hydrogen) atoms. The molecule has 0 fully saturated rings. The number of anilines is 1. The number of pyridine rings is 1. The average Bonchev–Trinajstić information content (AvgIpc) is 2.81. The number of nitrogens with zero attached hydrogens (tertiary/aromatic N) is 3. The molecule has 3 rings (SSSR count).